The standard InChI is InChI=1S/C18H17N3O/c1-13-4-3-5-14(2)17(13)20-18(22)15-6-8-16(9-7-15)21-11-10-19-12-21/h3-12H,1-2H3,(H,20,22). The van der Waals surface area contributed by atoms with Crippen LogP contribution in [0.3, 0.4) is 0 Å². The molecule has 22 heavy (non-hydrogen) atoms. The van der Waals surface area contributed by atoms with Crippen molar-refractivity contribution in [1.82, 2.24) is 9.55 Å². The number of amides is 1. The molecule has 110 valence electrons. The molecule has 0 atom stereocenters. The van der Waals surface area contributed by atoms with Crippen LogP contribution in [0.2, 0.25) is 0 Å². The number of aryl methyl sites for hydroxylation is 2. The molecule has 2 aromatic carbocycles. The highest BCUT2D eigenvalue weighted by atomic mass is 16.1. The largest absolute Gasteiger partial charge is 0.322 e. The van der Waals surface area contributed by atoms with Crippen molar-refractivity contribution in [3.63, 3.8) is 0 Å². The number of nitrogens with one attached hydrogen (secondary N) is 1. The van der Waals surface area contributed by atoms with Gasteiger partial charge in [0.15, 0.2) is 0 Å². The monoisotopic (exact) mass is 291 g/mol. The van der Waals surface area contributed by atoms with Gasteiger partial charge in [-0.25, -0.2) is 4.98 Å². The van der Waals surface area contributed by atoms with Gasteiger partial charge in [0.25, 0.3) is 5.91 Å². The Morgan fingerprint density at radius 1 is 1.05 bits per heavy atom. The second-order valence-electron chi connectivity index (χ2n) is 5.24. The molecule has 0 saturated carbocycles. The maximum atomic E-state index is 12.4. The molecule has 3 rings (SSSR count). The first-order valence-corrected chi connectivity index (χ1v) is 7.11. The number of aromatic nitrogens is 2. The number of hydrogen-bond acceptors (Lipinski definition) is 2. The van der Waals surface area contributed by atoms with E-state index in [1.807, 2.05) is 67.1 Å². The summed E-state index contributed by atoms with van der Waals surface area (Å²) in [5, 5.41) is 2.99. The van der Waals surface area contributed by atoms with E-state index in [1.54, 1.807) is 12.5 Å². The molecular weight excluding hydrogens is 274 g/mol. The van der Waals surface area contributed by atoms with Crippen LogP contribution in [-0.4, -0.2) is 15.5 Å². The number of benzene rings is 2. The topological polar surface area (TPSA) is 46.9 Å². The van der Waals surface area contributed by atoms with Crippen molar-refractivity contribution in [3.05, 3.63) is 77.9 Å². The lowest BCUT2D eigenvalue weighted by molar-refractivity contribution is 0.102. The van der Waals surface area contributed by atoms with E-state index in [1.165, 1.54) is 0 Å². The highest BCUT2D eigenvalue weighted by Crippen LogP contribution is 2.20. The molecule has 1 heterocycles. The summed E-state index contributed by atoms with van der Waals surface area (Å²) in [6.45, 7) is 3.98. The zero-order chi connectivity index (χ0) is 15.5. The second-order valence-corrected chi connectivity index (χ2v) is 5.24. The Labute approximate surface area is 129 Å². The zero-order valence-electron chi connectivity index (χ0n) is 12.6. The van der Waals surface area contributed by atoms with Gasteiger partial charge < -0.3 is 9.88 Å². The zero-order valence-corrected chi connectivity index (χ0v) is 12.6. The summed E-state index contributed by atoms with van der Waals surface area (Å²) >= 11 is 0. The van der Waals surface area contributed by atoms with Crippen LogP contribution in [0.25, 0.3) is 5.69 Å². The van der Waals surface area contributed by atoms with E-state index < -0.39 is 0 Å². The molecule has 0 fully saturated rings. The van der Waals surface area contributed by atoms with Gasteiger partial charge >= 0.3 is 0 Å². The number of hydrogen-bond donors (Lipinski definition) is 1. The number of carbonyl (C=O) groups excluding carboxylic acids is 1. The first-order valence-electron chi connectivity index (χ1n) is 7.11. The number of imidazole rings is 1. The summed E-state index contributed by atoms with van der Waals surface area (Å²) in [5.41, 5.74) is 4.60. The molecule has 0 unspecified atom stereocenters. The van der Waals surface area contributed by atoms with Gasteiger partial charge in [-0.2, -0.15) is 0 Å². The quantitative estimate of drug-likeness (QED) is 0.799. The molecule has 0 bridgehead atoms. The number of carbonyl (C=O) groups is 1. The van der Waals surface area contributed by atoms with Crippen molar-refractivity contribution in [2.24, 2.45) is 0 Å². The van der Waals surface area contributed by atoms with Crippen LogP contribution in [-0.2, 0) is 0 Å². The number of para-hydroxylation sites is 1. The molecule has 4 nitrogen and oxygen atoms in total. The summed E-state index contributed by atoms with van der Waals surface area (Å²) in [5.74, 6) is -0.102. The third kappa shape index (κ3) is 2.76. The molecule has 0 radical (unpaired) electrons. The number of rotatable bonds is 3. The molecule has 0 saturated heterocycles. The van der Waals surface area contributed by atoms with Crippen LogP contribution in [0.5, 0.6) is 0 Å². The normalized spacial score (nSPS) is 10.5. The lowest BCUT2D eigenvalue weighted by Gasteiger charge is -2.11. The fraction of sp³-hybridized carbons (Fsp3) is 0.111. The van der Waals surface area contributed by atoms with Crippen molar-refractivity contribution >= 4 is 11.6 Å². The molecule has 0 aliphatic heterocycles. The molecule has 3 aromatic rings. The minimum Gasteiger partial charge on any atom is -0.322 e. The fourth-order valence-corrected chi connectivity index (χ4v) is 2.39. The predicted octanol–water partition coefficient (Wildman–Crippen LogP) is 3.74. The third-order valence-electron chi connectivity index (χ3n) is 3.65. The number of nitrogens with zero attached hydrogens (tertiary/aromatic N) is 2. The van der Waals surface area contributed by atoms with Gasteiger partial charge in [0, 0.05) is 29.3 Å². The minimum atomic E-state index is -0.102. The molecule has 0 aliphatic rings. The average molecular weight is 291 g/mol. The molecule has 1 aromatic heterocycles. The van der Waals surface area contributed by atoms with E-state index in [0.717, 1.165) is 22.5 Å². The van der Waals surface area contributed by atoms with Gasteiger partial charge in [-0.05, 0) is 49.2 Å². The lowest BCUT2D eigenvalue weighted by atomic mass is 10.1. The Bertz CT molecular complexity index is 769. The summed E-state index contributed by atoms with van der Waals surface area (Å²) in [6.07, 6.45) is 5.32. The average Bonchev–Trinajstić information content (AvgIpc) is 3.05. The first-order chi connectivity index (χ1) is 10.6. The second kappa shape index (κ2) is 5.85. The predicted molar refractivity (Wildman–Crippen MR) is 87.4 cm³/mol. The Morgan fingerprint density at radius 3 is 2.32 bits per heavy atom. The van der Waals surface area contributed by atoms with Crippen LogP contribution >= 0.6 is 0 Å². The van der Waals surface area contributed by atoms with Gasteiger partial charge in [0.1, 0.15) is 0 Å². The molecule has 0 aliphatic carbocycles. The summed E-state index contributed by atoms with van der Waals surface area (Å²) in [7, 11) is 0. The Morgan fingerprint density at radius 2 is 1.73 bits per heavy atom. The van der Waals surface area contributed by atoms with Crippen LogP contribution in [0.4, 0.5) is 5.69 Å². The van der Waals surface area contributed by atoms with E-state index >= 15 is 0 Å². The molecule has 4 heteroatoms. The van der Waals surface area contributed by atoms with E-state index in [4.69, 9.17) is 0 Å². The van der Waals surface area contributed by atoms with Crippen LogP contribution in [0.1, 0.15) is 21.5 Å². The van der Waals surface area contributed by atoms with Gasteiger partial charge in [0.05, 0.1) is 6.33 Å². The Balaban J connectivity index is 1.81. The fourth-order valence-electron chi connectivity index (χ4n) is 2.39. The van der Waals surface area contributed by atoms with Crippen molar-refractivity contribution < 1.29 is 4.79 Å². The summed E-state index contributed by atoms with van der Waals surface area (Å²) in [4.78, 5) is 16.4. The Hall–Kier alpha value is -2.88. The highest BCUT2D eigenvalue weighted by Gasteiger charge is 2.09. The maximum absolute atomic E-state index is 12.4. The molecule has 1 N–H and O–H groups in total. The molecule has 1 amide bonds. The van der Waals surface area contributed by atoms with Crippen molar-refractivity contribution in [2.75, 3.05) is 5.32 Å². The first kappa shape index (κ1) is 14.1. The minimum absolute atomic E-state index is 0.102. The molecular formula is C18H17N3O. The van der Waals surface area contributed by atoms with Crippen LogP contribution in [0.15, 0.2) is 61.2 Å². The van der Waals surface area contributed by atoms with Crippen LogP contribution < -0.4 is 5.32 Å². The van der Waals surface area contributed by atoms with Gasteiger partial charge in [-0.3, -0.25) is 4.79 Å². The number of anilines is 1. The molecule has 0 spiro atoms. The van der Waals surface area contributed by atoms with Crippen molar-refractivity contribution in [2.45, 2.75) is 13.8 Å². The van der Waals surface area contributed by atoms with E-state index in [-0.39, 0.29) is 5.91 Å². The summed E-state index contributed by atoms with van der Waals surface area (Å²) in [6, 6.07) is 13.4. The highest BCUT2D eigenvalue weighted by molar-refractivity contribution is 6.05. The smallest absolute Gasteiger partial charge is 0.255 e. The lowest BCUT2D eigenvalue weighted by Crippen LogP contribution is -2.13. The Kier molecular flexibility index (Phi) is 3.74. The van der Waals surface area contributed by atoms with E-state index in [9.17, 15) is 4.79 Å². The van der Waals surface area contributed by atoms with Crippen molar-refractivity contribution in [3.8, 4) is 5.69 Å². The maximum Gasteiger partial charge on any atom is 0.255 e. The van der Waals surface area contributed by atoms with Gasteiger partial charge in [-0.1, -0.05) is 18.2 Å². The van der Waals surface area contributed by atoms with E-state index in [2.05, 4.69) is 10.3 Å². The van der Waals surface area contributed by atoms with Gasteiger partial charge in [0.2, 0.25) is 0 Å². The van der Waals surface area contributed by atoms with Crippen molar-refractivity contribution in [1.29, 1.82) is 0 Å². The summed E-state index contributed by atoms with van der Waals surface area (Å²) < 4.78 is 1.90. The van der Waals surface area contributed by atoms with E-state index in [0.29, 0.717) is 5.56 Å². The van der Waals surface area contributed by atoms with Gasteiger partial charge in [-0.15, -0.1) is 0 Å². The third-order valence-corrected chi connectivity index (χ3v) is 3.65. The SMILES string of the molecule is Cc1cccc(C)c1NC(=O)c1ccc(-n2ccnc2)cc1. The van der Waals surface area contributed by atoms with Crippen LogP contribution in [0, 0.1) is 13.8 Å².